The zero-order valence-electron chi connectivity index (χ0n) is 14.6. The molecule has 1 saturated carbocycles. The van der Waals surface area contributed by atoms with E-state index in [9.17, 15) is 18.7 Å². The molecule has 0 bridgehead atoms. The molecule has 1 aromatic rings. The van der Waals surface area contributed by atoms with Crippen LogP contribution in [0.4, 0.5) is 8.78 Å². The standard InChI is InChI=1S/C13H14F2O3.C5H12O/c14-13(15)6-4-9(5-7-13)18-12-3-1-2-11(17)10(12)8-16;1-5(2,3)6-4/h1-3,8-9,17H,4-7H2;1-4H3. The van der Waals surface area contributed by atoms with Gasteiger partial charge in [-0.15, -0.1) is 0 Å². The highest BCUT2D eigenvalue weighted by molar-refractivity contribution is 5.83. The van der Waals surface area contributed by atoms with Crippen LogP contribution in [0.2, 0.25) is 0 Å². The Kier molecular flexibility index (Phi) is 7.14. The van der Waals surface area contributed by atoms with Gasteiger partial charge in [0.1, 0.15) is 11.5 Å². The van der Waals surface area contributed by atoms with Gasteiger partial charge in [0.15, 0.2) is 6.29 Å². The Hall–Kier alpha value is -1.69. The van der Waals surface area contributed by atoms with E-state index in [1.54, 1.807) is 19.2 Å². The summed E-state index contributed by atoms with van der Waals surface area (Å²) in [6, 6.07) is 4.48. The summed E-state index contributed by atoms with van der Waals surface area (Å²) < 4.78 is 36.4. The van der Waals surface area contributed by atoms with E-state index in [0.717, 1.165) is 0 Å². The molecule has 4 nitrogen and oxygen atoms in total. The van der Waals surface area contributed by atoms with Gasteiger partial charge in [-0.25, -0.2) is 8.78 Å². The Bertz CT molecular complexity index is 528. The first-order chi connectivity index (χ1) is 11.1. The third-order valence-corrected chi connectivity index (χ3v) is 3.73. The molecule has 0 aliphatic heterocycles. The fourth-order valence-corrected chi connectivity index (χ4v) is 2.06. The van der Waals surface area contributed by atoms with Crippen molar-refractivity contribution in [2.45, 2.75) is 64.1 Å². The van der Waals surface area contributed by atoms with E-state index in [2.05, 4.69) is 0 Å². The molecule has 1 N–H and O–H groups in total. The average Bonchev–Trinajstić information content (AvgIpc) is 2.50. The van der Waals surface area contributed by atoms with Gasteiger partial charge < -0.3 is 14.6 Å². The van der Waals surface area contributed by atoms with Crippen LogP contribution in [0.25, 0.3) is 0 Å². The first-order valence-electron chi connectivity index (χ1n) is 7.95. The van der Waals surface area contributed by atoms with E-state index in [1.807, 2.05) is 20.8 Å². The van der Waals surface area contributed by atoms with E-state index in [1.165, 1.54) is 6.07 Å². The highest BCUT2D eigenvalue weighted by Gasteiger charge is 2.35. The second-order valence-electron chi connectivity index (χ2n) is 6.80. The summed E-state index contributed by atoms with van der Waals surface area (Å²) in [5.41, 5.74) is 0.106. The number of aromatic hydroxyl groups is 1. The number of alkyl halides is 2. The van der Waals surface area contributed by atoms with Gasteiger partial charge in [0, 0.05) is 20.0 Å². The minimum absolute atomic E-state index is 0.0417. The number of phenols is 1. The van der Waals surface area contributed by atoms with Crippen LogP contribution >= 0.6 is 0 Å². The molecule has 2 rings (SSSR count). The molecule has 0 heterocycles. The number of benzene rings is 1. The summed E-state index contributed by atoms with van der Waals surface area (Å²) in [6.45, 7) is 6.06. The molecule has 24 heavy (non-hydrogen) atoms. The van der Waals surface area contributed by atoms with Crippen LogP contribution in [0.3, 0.4) is 0 Å². The number of hydrogen-bond donors (Lipinski definition) is 1. The van der Waals surface area contributed by atoms with Crippen molar-refractivity contribution in [1.82, 2.24) is 0 Å². The van der Waals surface area contributed by atoms with Crippen molar-refractivity contribution in [3.63, 3.8) is 0 Å². The second kappa shape index (κ2) is 8.42. The lowest BCUT2D eigenvalue weighted by Gasteiger charge is -2.29. The summed E-state index contributed by atoms with van der Waals surface area (Å²) in [5.74, 6) is -2.52. The molecule has 0 unspecified atom stereocenters. The Morgan fingerprint density at radius 1 is 1.25 bits per heavy atom. The smallest absolute Gasteiger partial charge is 0.248 e. The van der Waals surface area contributed by atoms with E-state index in [-0.39, 0.29) is 54.5 Å². The fourth-order valence-electron chi connectivity index (χ4n) is 2.06. The van der Waals surface area contributed by atoms with Gasteiger partial charge in [0.25, 0.3) is 0 Å². The quantitative estimate of drug-likeness (QED) is 0.815. The normalized spacial score (nSPS) is 17.6. The highest BCUT2D eigenvalue weighted by Crippen LogP contribution is 2.36. The number of carbonyl (C=O) groups excluding carboxylic acids is 1. The van der Waals surface area contributed by atoms with E-state index >= 15 is 0 Å². The number of aldehydes is 1. The van der Waals surface area contributed by atoms with Crippen molar-refractivity contribution in [2.24, 2.45) is 0 Å². The summed E-state index contributed by atoms with van der Waals surface area (Å²) in [7, 11) is 1.71. The maximum Gasteiger partial charge on any atom is 0.248 e. The van der Waals surface area contributed by atoms with Crippen LogP contribution < -0.4 is 4.74 Å². The third-order valence-electron chi connectivity index (χ3n) is 3.73. The second-order valence-corrected chi connectivity index (χ2v) is 6.80. The topological polar surface area (TPSA) is 55.8 Å². The Morgan fingerprint density at radius 2 is 1.79 bits per heavy atom. The molecular formula is C18H26F2O4. The minimum Gasteiger partial charge on any atom is -0.507 e. The van der Waals surface area contributed by atoms with Gasteiger partial charge in [-0.2, -0.15) is 0 Å². The molecule has 0 saturated heterocycles. The lowest BCUT2D eigenvalue weighted by molar-refractivity contribution is -0.0583. The zero-order valence-corrected chi connectivity index (χ0v) is 14.6. The van der Waals surface area contributed by atoms with Crippen LogP contribution in [0, 0.1) is 0 Å². The Balaban J connectivity index is 0.000000413. The van der Waals surface area contributed by atoms with Crippen LogP contribution in [-0.4, -0.2) is 36.1 Å². The third kappa shape index (κ3) is 6.83. The molecule has 0 spiro atoms. The minimum atomic E-state index is -2.60. The summed E-state index contributed by atoms with van der Waals surface area (Å²) in [6.07, 6.45) is 0.272. The van der Waals surface area contributed by atoms with Crippen molar-refractivity contribution in [3.8, 4) is 11.5 Å². The molecule has 136 valence electrons. The molecule has 6 heteroatoms. The molecule has 1 aliphatic rings. The Labute approximate surface area is 141 Å². The fraction of sp³-hybridized carbons (Fsp3) is 0.611. The summed E-state index contributed by atoms with van der Waals surface area (Å²) in [5, 5.41) is 9.47. The van der Waals surface area contributed by atoms with Gasteiger partial charge in [0.2, 0.25) is 5.92 Å². The number of ether oxygens (including phenoxy) is 2. The molecule has 0 amide bonds. The zero-order chi connectivity index (χ0) is 18.4. The summed E-state index contributed by atoms with van der Waals surface area (Å²) >= 11 is 0. The average molecular weight is 344 g/mol. The van der Waals surface area contributed by atoms with Gasteiger partial charge in [-0.3, -0.25) is 4.79 Å². The van der Waals surface area contributed by atoms with Gasteiger partial charge in [-0.1, -0.05) is 6.07 Å². The number of rotatable bonds is 3. The lowest BCUT2D eigenvalue weighted by Crippen LogP contribution is -2.30. The van der Waals surface area contributed by atoms with Crippen LogP contribution in [0.5, 0.6) is 11.5 Å². The van der Waals surface area contributed by atoms with Crippen molar-refractivity contribution < 1.29 is 28.2 Å². The van der Waals surface area contributed by atoms with Crippen LogP contribution in [0.15, 0.2) is 18.2 Å². The van der Waals surface area contributed by atoms with E-state index < -0.39 is 5.92 Å². The molecule has 1 aliphatic carbocycles. The van der Waals surface area contributed by atoms with Crippen LogP contribution in [0.1, 0.15) is 56.8 Å². The van der Waals surface area contributed by atoms with Crippen LogP contribution in [-0.2, 0) is 4.74 Å². The number of methoxy groups -OCH3 is 1. The van der Waals surface area contributed by atoms with Crippen molar-refractivity contribution >= 4 is 6.29 Å². The number of phenolic OH excluding ortho intramolecular Hbond substituents is 1. The number of carbonyl (C=O) groups is 1. The predicted molar refractivity (Wildman–Crippen MR) is 88.1 cm³/mol. The molecule has 0 atom stereocenters. The van der Waals surface area contributed by atoms with Gasteiger partial charge >= 0.3 is 0 Å². The molecule has 1 aromatic carbocycles. The molecule has 1 fully saturated rings. The Morgan fingerprint density at radius 3 is 2.25 bits per heavy atom. The van der Waals surface area contributed by atoms with E-state index in [0.29, 0.717) is 6.29 Å². The van der Waals surface area contributed by atoms with Crippen molar-refractivity contribution in [1.29, 1.82) is 0 Å². The maximum absolute atomic E-state index is 13.0. The largest absolute Gasteiger partial charge is 0.507 e. The maximum atomic E-state index is 13.0. The summed E-state index contributed by atoms with van der Waals surface area (Å²) in [4.78, 5) is 10.8. The highest BCUT2D eigenvalue weighted by atomic mass is 19.3. The first-order valence-corrected chi connectivity index (χ1v) is 7.95. The van der Waals surface area contributed by atoms with Crippen molar-refractivity contribution in [2.75, 3.05) is 7.11 Å². The van der Waals surface area contributed by atoms with Gasteiger partial charge in [0.05, 0.1) is 17.3 Å². The monoisotopic (exact) mass is 344 g/mol. The van der Waals surface area contributed by atoms with Crippen molar-refractivity contribution in [3.05, 3.63) is 23.8 Å². The number of hydrogen-bond acceptors (Lipinski definition) is 4. The van der Waals surface area contributed by atoms with Gasteiger partial charge in [-0.05, 0) is 45.7 Å². The molecular weight excluding hydrogens is 318 g/mol. The molecule has 0 radical (unpaired) electrons. The lowest BCUT2D eigenvalue weighted by atomic mass is 9.94. The first kappa shape index (κ1) is 20.4. The van der Waals surface area contributed by atoms with E-state index in [4.69, 9.17) is 9.47 Å². The number of halogens is 2. The predicted octanol–water partition coefficient (Wildman–Crippen LogP) is 4.59. The SMILES string of the molecule is COC(C)(C)C.O=Cc1c(O)cccc1OC1CCC(F)(F)CC1. The molecule has 0 aromatic heterocycles.